The van der Waals surface area contributed by atoms with Crippen LogP contribution in [-0.2, 0) is 4.74 Å². The van der Waals surface area contributed by atoms with Gasteiger partial charge in [-0.15, -0.1) is 11.3 Å². The first-order valence-electron chi connectivity index (χ1n) is 11.1. The van der Waals surface area contributed by atoms with Crippen molar-refractivity contribution >= 4 is 17.3 Å². The highest BCUT2D eigenvalue weighted by Gasteiger charge is 2.28. The van der Waals surface area contributed by atoms with E-state index in [0.29, 0.717) is 6.04 Å². The lowest BCUT2D eigenvalue weighted by molar-refractivity contribution is 0.0177. The number of hydrogen-bond acceptors (Lipinski definition) is 5. The van der Waals surface area contributed by atoms with Gasteiger partial charge in [0.1, 0.15) is 0 Å². The van der Waals surface area contributed by atoms with E-state index in [1.165, 1.54) is 42.1 Å². The highest BCUT2D eigenvalue weighted by Crippen LogP contribution is 2.28. The van der Waals surface area contributed by atoms with Crippen LogP contribution < -0.4 is 10.6 Å². The Hall–Kier alpha value is -1.15. The number of guanidine groups is 1. The molecule has 1 unspecified atom stereocenters. The summed E-state index contributed by atoms with van der Waals surface area (Å²) in [6, 6.07) is 4.85. The van der Waals surface area contributed by atoms with Crippen LogP contribution in [0.15, 0.2) is 17.1 Å². The number of morpholine rings is 1. The molecule has 7 heteroatoms. The third-order valence-corrected chi connectivity index (χ3v) is 7.26. The second-order valence-electron chi connectivity index (χ2n) is 8.78. The number of thiophene rings is 1. The summed E-state index contributed by atoms with van der Waals surface area (Å²) < 4.78 is 5.57. The van der Waals surface area contributed by atoms with Crippen molar-refractivity contribution in [3.8, 4) is 0 Å². The second-order valence-corrected chi connectivity index (χ2v) is 10.1. The molecule has 0 bridgehead atoms. The highest BCUT2D eigenvalue weighted by atomic mass is 32.1. The van der Waals surface area contributed by atoms with Crippen molar-refractivity contribution < 1.29 is 4.74 Å². The summed E-state index contributed by atoms with van der Waals surface area (Å²) in [7, 11) is 1.86. The maximum atomic E-state index is 5.57. The molecule has 2 N–H and O–H groups in total. The molecular weight excluding hydrogens is 382 g/mol. The lowest BCUT2D eigenvalue weighted by atomic mass is 9.98. The number of likely N-dealkylation sites (tertiary alicyclic amines) is 1. The first-order valence-corrected chi connectivity index (χ1v) is 11.9. The van der Waals surface area contributed by atoms with Crippen molar-refractivity contribution in [3.63, 3.8) is 0 Å². The van der Waals surface area contributed by atoms with Crippen LogP contribution in [0.2, 0.25) is 0 Å². The van der Waals surface area contributed by atoms with Crippen LogP contribution in [0.1, 0.15) is 48.9 Å². The van der Waals surface area contributed by atoms with Crippen LogP contribution >= 0.6 is 11.3 Å². The molecule has 2 fully saturated rings. The molecule has 164 valence electrons. The minimum Gasteiger partial charge on any atom is -0.379 e. The lowest BCUT2D eigenvalue weighted by Gasteiger charge is -2.41. The molecular formula is C22H39N5OS. The zero-order valence-corrected chi connectivity index (χ0v) is 19.5. The van der Waals surface area contributed by atoms with E-state index in [4.69, 9.17) is 4.74 Å². The Morgan fingerprint density at radius 2 is 1.86 bits per heavy atom. The largest absolute Gasteiger partial charge is 0.379 e. The molecule has 1 aromatic rings. The zero-order valence-electron chi connectivity index (χ0n) is 18.7. The van der Waals surface area contributed by atoms with E-state index < -0.39 is 0 Å². The van der Waals surface area contributed by atoms with Gasteiger partial charge in [0.25, 0.3) is 0 Å². The Balaban J connectivity index is 1.56. The molecule has 1 atom stereocenters. The third kappa shape index (κ3) is 6.41. The summed E-state index contributed by atoms with van der Waals surface area (Å²) in [5.74, 6) is 0.890. The molecule has 0 saturated carbocycles. The Morgan fingerprint density at radius 3 is 2.48 bits per heavy atom. The van der Waals surface area contributed by atoms with Gasteiger partial charge in [0, 0.05) is 48.5 Å². The molecule has 3 rings (SSSR count). The predicted molar refractivity (Wildman–Crippen MR) is 123 cm³/mol. The average molecular weight is 422 g/mol. The van der Waals surface area contributed by atoms with Crippen molar-refractivity contribution in [3.05, 3.63) is 21.9 Å². The van der Waals surface area contributed by atoms with E-state index in [-0.39, 0.29) is 5.54 Å². The van der Waals surface area contributed by atoms with Crippen molar-refractivity contribution in [2.45, 2.75) is 51.6 Å². The fraction of sp³-hybridized carbons (Fsp3) is 0.773. The number of hydrogen-bond donors (Lipinski definition) is 2. The van der Waals surface area contributed by atoms with Crippen molar-refractivity contribution in [2.24, 2.45) is 4.99 Å². The quantitative estimate of drug-likeness (QED) is 0.524. The Morgan fingerprint density at radius 1 is 1.14 bits per heavy atom. The number of aliphatic imine (C=N–C) groups is 1. The van der Waals surface area contributed by atoms with Gasteiger partial charge in [0.05, 0.1) is 19.3 Å². The number of piperidine rings is 1. The van der Waals surface area contributed by atoms with Gasteiger partial charge in [-0.2, -0.15) is 0 Å². The van der Waals surface area contributed by atoms with Crippen molar-refractivity contribution in [1.82, 2.24) is 20.4 Å². The van der Waals surface area contributed by atoms with Gasteiger partial charge < -0.3 is 15.4 Å². The van der Waals surface area contributed by atoms with E-state index in [1.807, 2.05) is 18.4 Å². The normalized spacial score (nSPS) is 21.2. The summed E-state index contributed by atoms with van der Waals surface area (Å²) in [6.07, 6.45) is 4.00. The Bertz CT molecular complexity index is 647. The summed E-state index contributed by atoms with van der Waals surface area (Å²) in [6.45, 7) is 14.6. The van der Waals surface area contributed by atoms with Crippen LogP contribution in [0.25, 0.3) is 0 Å². The second kappa shape index (κ2) is 10.8. The van der Waals surface area contributed by atoms with Gasteiger partial charge in [-0.05, 0) is 58.8 Å². The number of nitrogens with one attached hydrogen (secondary N) is 2. The van der Waals surface area contributed by atoms with E-state index >= 15 is 0 Å². The smallest absolute Gasteiger partial charge is 0.191 e. The molecule has 0 aromatic carbocycles. The number of nitrogens with zero attached hydrogens (tertiary/aromatic N) is 3. The van der Waals surface area contributed by atoms with Crippen LogP contribution in [-0.4, -0.2) is 80.8 Å². The molecule has 0 spiro atoms. The molecule has 2 aliphatic rings. The van der Waals surface area contributed by atoms with Gasteiger partial charge in [0.2, 0.25) is 0 Å². The molecule has 2 aliphatic heterocycles. The zero-order chi connectivity index (χ0) is 20.7. The first kappa shape index (κ1) is 22.5. The SMILES string of the molecule is CN=C(NCC(c1ccc(C)s1)N1CCOCC1)NCC(C)(C)N1CCCCC1. The maximum Gasteiger partial charge on any atom is 0.191 e. The monoisotopic (exact) mass is 421 g/mol. The van der Waals surface area contributed by atoms with Gasteiger partial charge in [-0.1, -0.05) is 6.42 Å². The van der Waals surface area contributed by atoms with Crippen molar-refractivity contribution in [2.75, 3.05) is 59.5 Å². The molecule has 2 saturated heterocycles. The van der Waals surface area contributed by atoms with E-state index in [1.54, 1.807) is 0 Å². The van der Waals surface area contributed by atoms with Gasteiger partial charge in [-0.25, -0.2) is 0 Å². The molecule has 29 heavy (non-hydrogen) atoms. The van der Waals surface area contributed by atoms with E-state index in [0.717, 1.165) is 45.4 Å². The Kier molecular flexibility index (Phi) is 8.35. The summed E-state index contributed by atoms with van der Waals surface area (Å²) in [4.78, 5) is 12.4. The number of rotatable bonds is 7. The summed E-state index contributed by atoms with van der Waals surface area (Å²) >= 11 is 1.90. The molecule has 3 heterocycles. The number of ether oxygens (including phenoxy) is 1. The maximum absolute atomic E-state index is 5.57. The summed E-state index contributed by atoms with van der Waals surface area (Å²) in [5, 5.41) is 7.17. The highest BCUT2D eigenvalue weighted by molar-refractivity contribution is 7.12. The molecule has 0 radical (unpaired) electrons. The van der Waals surface area contributed by atoms with Crippen LogP contribution in [0.3, 0.4) is 0 Å². The van der Waals surface area contributed by atoms with Crippen LogP contribution in [0.5, 0.6) is 0 Å². The fourth-order valence-corrected chi connectivity index (χ4v) is 5.27. The van der Waals surface area contributed by atoms with Gasteiger partial charge >= 0.3 is 0 Å². The minimum atomic E-state index is 0.131. The van der Waals surface area contributed by atoms with E-state index in [9.17, 15) is 0 Å². The van der Waals surface area contributed by atoms with Gasteiger partial charge in [-0.3, -0.25) is 14.8 Å². The molecule has 0 aliphatic carbocycles. The van der Waals surface area contributed by atoms with Gasteiger partial charge in [0.15, 0.2) is 5.96 Å². The van der Waals surface area contributed by atoms with Crippen LogP contribution in [0, 0.1) is 6.92 Å². The Labute approximate surface area is 180 Å². The molecule has 1 aromatic heterocycles. The predicted octanol–water partition coefficient (Wildman–Crippen LogP) is 2.86. The molecule has 6 nitrogen and oxygen atoms in total. The minimum absolute atomic E-state index is 0.131. The standard InChI is InChI=1S/C22H39N5OS/c1-18-8-9-20(29-18)19(26-12-14-28-15-13-26)16-24-21(23-4)25-17-22(2,3)27-10-6-5-7-11-27/h8-9,19H,5-7,10-17H2,1-4H3,(H2,23,24,25). The lowest BCUT2D eigenvalue weighted by Crippen LogP contribution is -2.55. The first-order chi connectivity index (χ1) is 14.0. The van der Waals surface area contributed by atoms with Crippen LogP contribution in [0.4, 0.5) is 0 Å². The molecule has 0 amide bonds. The van der Waals surface area contributed by atoms with E-state index in [2.05, 4.69) is 58.3 Å². The summed E-state index contributed by atoms with van der Waals surface area (Å²) in [5.41, 5.74) is 0.131. The average Bonchev–Trinajstić information content (AvgIpc) is 3.18. The topological polar surface area (TPSA) is 52.1 Å². The third-order valence-electron chi connectivity index (χ3n) is 6.16. The number of aryl methyl sites for hydroxylation is 1. The fourth-order valence-electron chi connectivity index (χ4n) is 4.26. The van der Waals surface area contributed by atoms with Crippen molar-refractivity contribution in [1.29, 1.82) is 0 Å².